The fourth-order valence-electron chi connectivity index (χ4n) is 4.89. The lowest BCUT2D eigenvalue weighted by atomic mass is 9.81. The molecule has 2 N–H and O–H groups in total. The molecule has 3 fully saturated rings. The second-order valence-electron chi connectivity index (χ2n) is 8.25. The predicted octanol–water partition coefficient (Wildman–Crippen LogP) is 1.81. The Labute approximate surface area is 211 Å². The number of nitrogens with zero attached hydrogens (tertiary/aromatic N) is 1. The van der Waals surface area contributed by atoms with Crippen molar-refractivity contribution in [2.45, 2.75) is 22.5 Å². The topological polar surface area (TPSA) is 122 Å². The molecule has 2 bridgehead atoms. The smallest absolute Gasteiger partial charge is 0.308 e. The molecular weight excluding hydrogens is 586 g/mol. The number of nitrogens with one attached hydrogen (secondary N) is 2. The molecule has 12 heteroatoms. The number of carbonyl (C=O) groups excluding carboxylic acids is 5. The Hall–Kier alpha value is -1.98. The van der Waals surface area contributed by atoms with Crippen LogP contribution in [0.1, 0.15) is 23.2 Å². The zero-order valence-corrected chi connectivity index (χ0v) is 21.1. The van der Waals surface area contributed by atoms with Crippen LogP contribution in [0.2, 0.25) is 5.02 Å². The number of likely N-dealkylation sites (tertiary alicyclic amines) is 1. The van der Waals surface area contributed by atoms with Crippen LogP contribution in [0, 0.1) is 23.7 Å². The van der Waals surface area contributed by atoms with E-state index in [0.717, 1.165) is 11.3 Å². The van der Waals surface area contributed by atoms with Gasteiger partial charge in [0.1, 0.15) is 0 Å². The number of hydrazine groups is 1. The van der Waals surface area contributed by atoms with Gasteiger partial charge < -0.3 is 4.74 Å². The third-order valence-electron chi connectivity index (χ3n) is 6.40. The first-order valence-electron chi connectivity index (χ1n) is 10.3. The van der Waals surface area contributed by atoms with Crippen LogP contribution in [-0.2, 0) is 23.9 Å². The van der Waals surface area contributed by atoms with Gasteiger partial charge in [-0.1, -0.05) is 43.5 Å². The van der Waals surface area contributed by atoms with Crippen molar-refractivity contribution in [2.75, 3.05) is 13.2 Å². The first-order valence-corrected chi connectivity index (χ1v) is 12.5. The van der Waals surface area contributed by atoms with Gasteiger partial charge in [-0.05, 0) is 42.5 Å². The van der Waals surface area contributed by atoms with Gasteiger partial charge >= 0.3 is 5.97 Å². The van der Waals surface area contributed by atoms with E-state index in [2.05, 4.69) is 42.7 Å². The number of fused-ring (bicyclic) bond motifs is 5. The van der Waals surface area contributed by atoms with Crippen molar-refractivity contribution in [2.24, 2.45) is 23.7 Å². The minimum Gasteiger partial charge on any atom is -0.455 e. The molecule has 2 saturated carbocycles. The largest absolute Gasteiger partial charge is 0.455 e. The minimum atomic E-state index is -0.739. The standard InChI is InChI=1S/C21H20Br2ClN3O6/c22-17-11-7-12(18(17)23)16-15(11)20(31)27(21(16)32)6-5-14(29)33-8-13(28)25-26-19(30)9-1-3-10(24)4-2-9/h1-4,11-12,15-18H,5-8H2,(H,25,28)(H,26,30)/t11-,12-,15-,16-,17+,18+/m1/s1. The molecule has 4 amide bonds. The molecule has 0 unspecified atom stereocenters. The highest BCUT2D eigenvalue weighted by Gasteiger charge is 2.66. The van der Waals surface area contributed by atoms with Crippen molar-refractivity contribution >= 4 is 73.1 Å². The van der Waals surface area contributed by atoms with E-state index in [-0.39, 0.29) is 63.7 Å². The number of carbonyl (C=O) groups is 5. The van der Waals surface area contributed by atoms with Gasteiger partial charge in [-0.3, -0.25) is 39.7 Å². The maximum atomic E-state index is 12.8. The summed E-state index contributed by atoms with van der Waals surface area (Å²) < 4.78 is 4.89. The van der Waals surface area contributed by atoms with Gasteiger partial charge in [-0.2, -0.15) is 0 Å². The summed E-state index contributed by atoms with van der Waals surface area (Å²) in [7, 11) is 0. The zero-order chi connectivity index (χ0) is 23.9. The fourth-order valence-corrected chi connectivity index (χ4v) is 6.89. The van der Waals surface area contributed by atoms with Crippen molar-refractivity contribution in [1.82, 2.24) is 15.8 Å². The summed E-state index contributed by atoms with van der Waals surface area (Å²) in [4.78, 5) is 62.8. The summed E-state index contributed by atoms with van der Waals surface area (Å²) in [6.45, 7) is -0.703. The van der Waals surface area contributed by atoms with Crippen molar-refractivity contribution in [1.29, 1.82) is 0 Å². The van der Waals surface area contributed by atoms with Crippen LogP contribution in [0.4, 0.5) is 0 Å². The molecule has 0 spiro atoms. The van der Waals surface area contributed by atoms with E-state index in [4.69, 9.17) is 16.3 Å². The molecule has 9 nitrogen and oxygen atoms in total. The normalized spacial score (nSPS) is 29.7. The van der Waals surface area contributed by atoms with Gasteiger partial charge in [0.25, 0.3) is 11.8 Å². The SMILES string of the molecule is O=C(COC(=O)CCN1C(=O)[C@@H]2[C@H]3C[C@@H]([C@H](Br)[C@H]3Br)[C@H]2C1=O)NNC(=O)c1ccc(Cl)cc1. The molecule has 1 aliphatic heterocycles. The number of imide groups is 1. The summed E-state index contributed by atoms with van der Waals surface area (Å²) in [5, 5.41) is 0.468. The van der Waals surface area contributed by atoms with Gasteiger partial charge in [-0.15, -0.1) is 0 Å². The predicted molar refractivity (Wildman–Crippen MR) is 123 cm³/mol. The molecule has 1 aromatic carbocycles. The third-order valence-corrected chi connectivity index (χ3v) is 9.86. The summed E-state index contributed by atoms with van der Waals surface area (Å²) in [5.74, 6) is -2.99. The van der Waals surface area contributed by atoms with Crippen molar-refractivity contribution in [3.05, 3.63) is 34.9 Å². The van der Waals surface area contributed by atoms with Gasteiger partial charge in [0, 0.05) is 26.8 Å². The van der Waals surface area contributed by atoms with Crippen LogP contribution in [0.25, 0.3) is 0 Å². The minimum absolute atomic E-state index is 0.0855. The Kier molecular flexibility index (Phi) is 7.11. The molecule has 1 aromatic rings. The number of benzene rings is 1. The number of esters is 1. The highest BCUT2D eigenvalue weighted by molar-refractivity contribution is 9.12. The highest BCUT2D eigenvalue weighted by atomic mass is 79.9. The number of rotatable bonds is 6. The van der Waals surface area contributed by atoms with Crippen LogP contribution in [0.3, 0.4) is 0 Å². The van der Waals surface area contributed by atoms with Crippen LogP contribution >= 0.6 is 43.5 Å². The molecule has 3 aliphatic rings. The Balaban J connectivity index is 1.20. The lowest BCUT2D eigenvalue weighted by Crippen LogP contribution is -2.43. The number of amides is 4. The monoisotopic (exact) mass is 603 g/mol. The molecular formula is C21H20Br2ClN3O6. The fraction of sp³-hybridized carbons (Fsp3) is 0.476. The Morgan fingerprint density at radius 2 is 1.58 bits per heavy atom. The van der Waals surface area contributed by atoms with E-state index in [1.54, 1.807) is 0 Å². The van der Waals surface area contributed by atoms with Crippen LogP contribution in [-0.4, -0.2) is 57.3 Å². The lowest BCUT2D eigenvalue weighted by Gasteiger charge is -2.28. The van der Waals surface area contributed by atoms with E-state index >= 15 is 0 Å². The van der Waals surface area contributed by atoms with Crippen LogP contribution in [0.15, 0.2) is 24.3 Å². The van der Waals surface area contributed by atoms with Gasteiger partial charge in [0.15, 0.2) is 6.61 Å². The summed E-state index contributed by atoms with van der Waals surface area (Å²) >= 11 is 13.0. The van der Waals surface area contributed by atoms with Gasteiger partial charge in [0.05, 0.1) is 18.3 Å². The van der Waals surface area contributed by atoms with Gasteiger partial charge in [-0.25, -0.2) is 0 Å². The number of ether oxygens (including phenoxy) is 1. The molecule has 1 saturated heterocycles. The van der Waals surface area contributed by atoms with Crippen molar-refractivity contribution < 1.29 is 28.7 Å². The molecule has 176 valence electrons. The number of alkyl halides is 2. The average Bonchev–Trinajstić information content (AvgIpc) is 3.40. The summed E-state index contributed by atoms with van der Waals surface area (Å²) in [6.07, 6.45) is 0.615. The summed E-state index contributed by atoms with van der Waals surface area (Å²) in [5.41, 5.74) is 4.62. The molecule has 33 heavy (non-hydrogen) atoms. The van der Waals surface area contributed by atoms with Gasteiger partial charge in [0.2, 0.25) is 11.8 Å². The molecule has 2 aliphatic carbocycles. The first-order chi connectivity index (χ1) is 15.7. The average molecular weight is 606 g/mol. The van der Waals surface area contributed by atoms with E-state index in [9.17, 15) is 24.0 Å². The quantitative estimate of drug-likeness (QED) is 0.221. The first kappa shape index (κ1) is 24.2. The summed E-state index contributed by atoms with van der Waals surface area (Å²) in [6, 6.07) is 6.04. The maximum absolute atomic E-state index is 12.8. The maximum Gasteiger partial charge on any atom is 0.308 e. The Morgan fingerprint density at radius 1 is 1.00 bits per heavy atom. The number of halogens is 3. The zero-order valence-electron chi connectivity index (χ0n) is 17.1. The van der Waals surface area contributed by atoms with Crippen LogP contribution in [0.5, 0.6) is 0 Å². The second-order valence-corrected chi connectivity index (χ2v) is 10.8. The van der Waals surface area contributed by atoms with E-state index in [1.807, 2.05) is 0 Å². The van der Waals surface area contributed by atoms with Crippen molar-refractivity contribution in [3.8, 4) is 0 Å². The lowest BCUT2D eigenvalue weighted by molar-refractivity contribution is -0.150. The van der Waals surface area contributed by atoms with E-state index in [0.29, 0.717) is 5.02 Å². The van der Waals surface area contributed by atoms with E-state index in [1.165, 1.54) is 24.3 Å². The molecule has 1 heterocycles. The number of hydrogen-bond donors (Lipinski definition) is 2. The van der Waals surface area contributed by atoms with Crippen LogP contribution < -0.4 is 10.9 Å². The Morgan fingerprint density at radius 3 is 2.15 bits per heavy atom. The highest BCUT2D eigenvalue weighted by Crippen LogP contribution is 2.60. The molecule has 4 rings (SSSR count). The van der Waals surface area contributed by atoms with Crippen molar-refractivity contribution in [3.63, 3.8) is 0 Å². The number of hydrogen-bond acceptors (Lipinski definition) is 6. The molecule has 0 radical (unpaired) electrons. The van der Waals surface area contributed by atoms with E-state index < -0.39 is 24.4 Å². The Bertz CT molecular complexity index is 974. The molecule has 6 atom stereocenters. The third kappa shape index (κ3) is 4.67. The molecule has 0 aromatic heterocycles. The second kappa shape index (κ2) is 9.71.